The largest absolute Gasteiger partial charge is 0.465 e. The van der Waals surface area contributed by atoms with Gasteiger partial charge in [0.2, 0.25) is 10.0 Å². The summed E-state index contributed by atoms with van der Waals surface area (Å²) in [5.74, 6) is -0.568. The number of fused-ring (bicyclic) bond motifs is 1. The number of esters is 1. The van der Waals surface area contributed by atoms with Crippen molar-refractivity contribution in [2.45, 2.75) is 25.7 Å². The Bertz CT molecular complexity index is 1290. The molecule has 32 heavy (non-hydrogen) atoms. The minimum absolute atomic E-state index is 0.0854. The first-order valence-electron chi connectivity index (χ1n) is 9.97. The van der Waals surface area contributed by atoms with Crippen molar-refractivity contribution in [3.8, 4) is 0 Å². The summed E-state index contributed by atoms with van der Waals surface area (Å²) in [6.45, 7) is 5.64. The molecule has 0 atom stereocenters. The lowest BCUT2D eigenvalue weighted by Gasteiger charge is -2.33. The number of carbonyl (C=O) groups excluding carboxylic acids is 2. The topological polar surface area (TPSA) is 115 Å². The van der Waals surface area contributed by atoms with Crippen molar-refractivity contribution in [1.82, 2.24) is 19.0 Å². The van der Waals surface area contributed by atoms with Gasteiger partial charge in [0.05, 0.1) is 17.7 Å². The molecule has 1 aliphatic rings. The molecule has 3 aromatic rings. The van der Waals surface area contributed by atoms with Crippen molar-refractivity contribution in [2.24, 2.45) is 7.05 Å². The number of thiophene rings is 1. The molecule has 1 fully saturated rings. The summed E-state index contributed by atoms with van der Waals surface area (Å²) in [5.41, 5.74) is 0.777. The van der Waals surface area contributed by atoms with E-state index < -0.39 is 16.0 Å². The van der Waals surface area contributed by atoms with Crippen molar-refractivity contribution < 1.29 is 27.2 Å². The summed E-state index contributed by atoms with van der Waals surface area (Å²) in [7, 11) is -0.972. The third-order valence-corrected chi connectivity index (χ3v) is 8.87. The Morgan fingerprint density at radius 3 is 2.38 bits per heavy atom. The average Bonchev–Trinajstić information content (AvgIpc) is 3.40. The fourth-order valence-electron chi connectivity index (χ4n) is 4.04. The van der Waals surface area contributed by atoms with Gasteiger partial charge in [-0.25, -0.2) is 13.2 Å². The van der Waals surface area contributed by atoms with Crippen LogP contribution < -0.4 is 0 Å². The molecular weight excluding hydrogens is 456 g/mol. The van der Waals surface area contributed by atoms with E-state index >= 15 is 0 Å². The Morgan fingerprint density at radius 2 is 1.78 bits per heavy atom. The molecule has 0 radical (unpaired) electrons. The molecular formula is C20H24N4O6S2. The van der Waals surface area contributed by atoms with Gasteiger partial charge in [0.1, 0.15) is 26.8 Å². The van der Waals surface area contributed by atoms with Crippen molar-refractivity contribution in [1.29, 1.82) is 0 Å². The lowest BCUT2D eigenvalue weighted by atomic mass is 10.2. The van der Waals surface area contributed by atoms with Gasteiger partial charge in [0.15, 0.2) is 0 Å². The minimum Gasteiger partial charge on any atom is -0.465 e. The van der Waals surface area contributed by atoms with E-state index in [9.17, 15) is 18.0 Å². The van der Waals surface area contributed by atoms with E-state index in [2.05, 4.69) is 5.10 Å². The monoisotopic (exact) mass is 480 g/mol. The number of sulfonamides is 1. The van der Waals surface area contributed by atoms with E-state index in [1.165, 1.54) is 36.6 Å². The van der Waals surface area contributed by atoms with Crippen molar-refractivity contribution in [3.05, 3.63) is 33.7 Å². The van der Waals surface area contributed by atoms with Crippen LogP contribution in [0.25, 0.3) is 10.2 Å². The molecule has 0 N–H and O–H groups in total. The van der Waals surface area contributed by atoms with Crippen LogP contribution in [0.1, 0.15) is 37.2 Å². The van der Waals surface area contributed by atoms with Gasteiger partial charge in [0.25, 0.3) is 5.91 Å². The average molecular weight is 481 g/mol. The maximum Gasteiger partial charge on any atom is 0.342 e. The van der Waals surface area contributed by atoms with Gasteiger partial charge in [-0.2, -0.15) is 9.40 Å². The van der Waals surface area contributed by atoms with Gasteiger partial charge in [-0.1, -0.05) is 0 Å². The van der Waals surface area contributed by atoms with Crippen molar-refractivity contribution in [2.75, 3.05) is 33.3 Å². The first-order chi connectivity index (χ1) is 15.1. The second kappa shape index (κ2) is 8.01. The van der Waals surface area contributed by atoms with E-state index in [4.69, 9.17) is 9.15 Å². The third kappa shape index (κ3) is 3.51. The molecule has 0 bridgehead atoms. The van der Waals surface area contributed by atoms with Gasteiger partial charge in [-0.3, -0.25) is 9.48 Å². The van der Waals surface area contributed by atoms with Crippen molar-refractivity contribution >= 4 is 43.5 Å². The predicted molar refractivity (Wildman–Crippen MR) is 118 cm³/mol. The number of furan rings is 1. The molecule has 10 nitrogen and oxygen atoms in total. The van der Waals surface area contributed by atoms with Crippen molar-refractivity contribution in [3.63, 3.8) is 0 Å². The molecule has 3 aromatic heterocycles. The van der Waals surface area contributed by atoms with Crippen LogP contribution in [0.5, 0.6) is 0 Å². The zero-order valence-corrected chi connectivity index (χ0v) is 20.1. The number of aromatic nitrogens is 2. The highest BCUT2D eigenvalue weighted by molar-refractivity contribution is 7.89. The molecule has 1 saturated heterocycles. The molecule has 0 saturated carbocycles. The first kappa shape index (κ1) is 22.5. The summed E-state index contributed by atoms with van der Waals surface area (Å²) in [6, 6.07) is 1.84. The molecule has 12 heteroatoms. The lowest BCUT2D eigenvalue weighted by molar-refractivity contribution is 0.0594. The fraction of sp³-hybridized carbons (Fsp3) is 0.450. The van der Waals surface area contributed by atoms with Gasteiger partial charge >= 0.3 is 5.97 Å². The number of aryl methyl sites for hydroxylation is 4. The molecule has 4 heterocycles. The Labute approximate surface area is 189 Å². The molecule has 0 aromatic carbocycles. The highest BCUT2D eigenvalue weighted by atomic mass is 32.2. The molecule has 0 unspecified atom stereocenters. The summed E-state index contributed by atoms with van der Waals surface area (Å²) >= 11 is 1.38. The summed E-state index contributed by atoms with van der Waals surface area (Å²) in [5, 5.41) is 5.30. The summed E-state index contributed by atoms with van der Waals surface area (Å²) in [6.07, 6.45) is 0. The lowest BCUT2D eigenvalue weighted by Crippen LogP contribution is -2.50. The number of methoxy groups -OCH3 is 1. The maximum absolute atomic E-state index is 13.3. The Balaban J connectivity index is 1.54. The number of ether oxygens (including phenoxy) is 1. The normalized spacial score (nSPS) is 15.5. The second-order valence-electron chi connectivity index (χ2n) is 7.64. The van der Waals surface area contributed by atoms with Crippen LogP contribution in [0, 0.1) is 20.8 Å². The number of hydrogen-bond donors (Lipinski definition) is 0. The van der Waals surface area contributed by atoms with E-state index in [0.717, 1.165) is 15.9 Å². The first-order valence-corrected chi connectivity index (χ1v) is 12.2. The number of amides is 1. The quantitative estimate of drug-likeness (QED) is 0.525. The zero-order valence-electron chi connectivity index (χ0n) is 18.5. The Hall–Kier alpha value is -2.70. The highest BCUT2D eigenvalue weighted by Crippen LogP contribution is 2.32. The van der Waals surface area contributed by atoms with Crippen LogP contribution in [0.4, 0.5) is 0 Å². The summed E-state index contributed by atoms with van der Waals surface area (Å²) in [4.78, 5) is 28.2. The minimum atomic E-state index is -4.00. The number of piperazine rings is 1. The van der Waals surface area contributed by atoms with Crippen LogP contribution in [0.15, 0.2) is 15.4 Å². The molecule has 0 aliphatic carbocycles. The number of carbonyl (C=O) groups is 2. The molecule has 172 valence electrons. The smallest absolute Gasteiger partial charge is 0.342 e. The van der Waals surface area contributed by atoms with Gasteiger partial charge in [0, 0.05) is 38.6 Å². The fourth-order valence-corrected chi connectivity index (χ4v) is 6.92. The standard InChI is InChI=1S/C20H24N4O6S2/c1-11-14-10-15(31-19(14)22(4)21-11)18(25)23-6-8-24(9-7-23)32(27,28)17-13(3)30-12(2)16(17)20(26)29-5/h10H,6-9H2,1-5H3. The van der Waals surface area contributed by atoms with E-state index in [-0.39, 0.29) is 54.1 Å². The van der Waals surface area contributed by atoms with Crippen LogP contribution in [0.2, 0.25) is 0 Å². The molecule has 1 aliphatic heterocycles. The summed E-state index contributed by atoms with van der Waals surface area (Å²) < 4.78 is 39.8. The van der Waals surface area contributed by atoms with Crippen LogP contribution in [-0.2, 0) is 21.8 Å². The molecule has 0 spiro atoms. The Morgan fingerprint density at radius 1 is 1.12 bits per heavy atom. The van der Waals surface area contributed by atoms with Gasteiger partial charge < -0.3 is 14.1 Å². The van der Waals surface area contributed by atoms with E-state index in [1.54, 1.807) is 9.58 Å². The SMILES string of the molecule is COC(=O)c1c(C)oc(C)c1S(=O)(=O)N1CCN(C(=O)c2cc3c(C)nn(C)c3s2)CC1. The van der Waals surface area contributed by atoms with Gasteiger partial charge in [-0.15, -0.1) is 11.3 Å². The molecule has 1 amide bonds. The second-order valence-corrected chi connectivity index (χ2v) is 10.6. The third-order valence-electron chi connectivity index (χ3n) is 5.63. The van der Waals surface area contributed by atoms with Crippen LogP contribution in [0.3, 0.4) is 0 Å². The predicted octanol–water partition coefficient (Wildman–Crippen LogP) is 2.09. The number of nitrogens with zero attached hydrogens (tertiary/aromatic N) is 4. The highest BCUT2D eigenvalue weighted by Gasteiger charge is 2.38. The van der Waals surface area contributed by atoms with E-state index in [0.29, 0.717) is 4.88 Å². The number of rotatable bonds is 4. The van der Waals surface area contributed by atoms with Crippen LogP contribution >= 0.6 is 11.3 Å². The van der Waals surface area contributed by atoms with E-state index in [1.807, 2.05) is 20.0 Å². The maximum atomic E-state index is 13.3. The number of hydrogen-bond acceptors (Lipinski definition) is 8. The van der Waals surface area contributed by atoms with Gasteiger partial charge in [-0.05, 0) is 26.8 Å². The Kier molecular flexibility index (Phi) is 5.63. The molecule has 4 rings (SSSR count). The van der Waals surface area contributed by atoms with Crippen LogP contribution in [-0.4, -0.2) is 72.6 Å². The zero-order chi connectivity index (χ0) is 23.4.